The summed E-state index contributed by atoms with van der Waals surface area (Å²) in [6.07, 6.45) is 3.82. The lowest BCUT2D eigenvalue weighted by Gasteiger charge is -2.37. The Morgan fingerprint density at radius 2 is 2.14 bits per heavy atom. The number of likely N-dealkylation sites (tertiary alicyclic amines) is 1. The average molecular weight is 384 g/mol. The molecule has 1 amide bonds. The van der Waals surface area contributed by atoms with E-state index in [0.29, 0.717) is 36.7 Å². The Morgan fingerprint density at radius 3 is 2.93 bits per heavy atom. The predicted octanol–water partition coefficient (Wildman–Crippen LogP) is 0.658. The van der Waals surface area contributed by atoms with Crippen molar-refractivity contribution in [3.05, 3.63) is 47.3 Å². The third kappa shape index (κ3) is 3.94. The Balaban J connectivity index is 1.45. The van der Waals surface area contributed by atoms with Gasteiger partial charge >= 0.3 is 0 Å². The zero-order valence-corrected chi connectivity index (χ0v) is 16.3. The molecule has 3 heterocycles. The summed E-state index contributed by atoms with van der Waals surface area (Å²) in [5.74, 6) is 0.773. The molecule has 0 aliphatic carbocycles. The number of amides is 1. The van der Waals surface area contributed by atoms with Crippen molar-refractivity contribution in [1.82, 2.24) is 30.7 Å². The molecule has 2 aliphatic rings. The summed E-state index contributed by atoms with van der Waals surface area (Å²) in [6.45, 7) is 5.58. The molecule has 3 unspecified atom stereocenters. The van der Waals surface area contributed by atoms with Crippen molar-refractivity contribution in [3.8, 4) is 0 Å². The largest absolute Gasteiger partial charge is 0.337 e. The lowest BCUT2D eigenvalue weighted by Crippen LogP contribution is -2.48. The molecule has 0 spiro atoms. The van der Waals surface area contributed by atoms with Crippen molar-refractivity contribution in [2.75, 3.05) is 26.2 Å². The van der Waals surface area contributed by atoms with Gasteiger partial charge in [-0.05, 0) is 31.2 Å². The van der Waals surface area contributed by atoms with E-state index < -0.39 is 0 Å². The van der Waals surface area contributed by atoms with E-state index in [9.17, 15) is 4.79 Å². The minimum absolute atomic E-state index is 0.0363. The molecule has 28 heavy (non-hydrogen) atoms. The van der Waals surface area contributed by atoms with Gasteiger partial charge in [0.15, 0.2) is 5.69 Å². The van der Waals surface area contributed by atoms with Gasteiger partial charge in [-0.1, -0.05) is 35.0 Å². The van der Waals surface area contributed by atoms with E-state index in [1.165, 1.54) is 11.1 Å². The fraction of sp³-hybridized carbons (Fsp3) is 0.550. The van der Waals surface area contributed by atoms with E-state index in [4.69, 9.17) is 5.73 Å². The molecule has 3 atom stereocenters. The third-order valence-corrected chi connectivity index (χ3v) is 5.90. The van der Waals surface area contributed by atoms with Crippen LogP contribution in [0.15, 0.2) is 30.5 Å². The van der Waals surface area contributed by atoms with Gasteiger partial charge in [0.25, 0.3) is 5.91 Å². The van der Waals surface area contributed by atoms with Crippen LogP contribution >= 0.6 is 0 Å². The van der Waals surface area contributed by atoms with E-state index in [0.717, 1.165) is 32.5 Å². The summed E-state index contributed by atoms with van der Waals surface area (Å²) < 4.78 is 1.63. The number of piperidine rings is 1. The average Bonchev–Trinajstić information content (AvgIpc) is 3.38. The second kappa shape index (κ2) is 8.38. The van der Waals surface area contributed by atoms with Gasteiger partial charge in [-0.3, -0.25) is 20.3 Å². The minimum Gasteiger partial charge on any atom is -0.337 e. The fourth-order valence-corrected chi connectivity index (χ4v) is 4.39. The molecule has 0 radical (unpaired) electrons. The number of nitrogens with one attached hydrogen (secondary N) is 2. The number of hydrogen-bond donors (Lipinski definition) is 3. The summed E-state index contributed by atoms with van der Waals surface area (Å²) in [5.41, 5.74) is 15.4. The van der Waals surface area contributed by atoms with E-state index >= 15 is 0 Å². The number of rotatable bonds is 5. The second-order valence-electron chi connectivity index (χ2n) is 7.88. The number of aryl methyl sites for hydroxylation is 1. The smallest absolute Gasteiger partial charge is 0.276 e. The fourth-order valence-electron chi connectivity index (χ4n) is 4.39. The van der Waals surface area contributed by atoms with Gasteiger partial charge in [-0.25, -0.2) is 0 Å². The number of aromatic nitrogens is 3. The maximum atomic E-state index is 12.9. The Hall–Kier alpha value is -2.29. The molecule has 2 saturated heterocycles. The molecule has 150 valence electrons. The van der Waals surface area contributed by atoms with Gasteiger partial charge in [-0.15, -0.1) is 5.10 Å². The molecule has 4 rings (SSSR count). The maximum Gasteiger partial charge on any atom is 0.276 e. The first kappa shape index (κ1) is 19.0. The Bertz CT molecular complexity index is 803. The van der Waals surface area contributed by atoms with Gasteiger partial charge in [0.2, 0.25) is 0 Å². The number of carbonyl (C=O) groups is 1. The minimum atomic E-state index is -0.0363. The Kier molecular flexibility index (Phi) is 5.70. The van der Waals surface area contributed by atoms with Gasteiger partial charge in [-0.2, -0.15) is 0 Å². The van der Waals surface area contributed by atoms with Crippen LogP contribution in [0.2, 0.25) is 0 Å². The number of nitrogens with zero attached hydrogens (tertiary/aromatic N) is 4. The highest BCUT2D eigenvalue weighted by atomic mass is 16.2. The molecule has 0 saturated carbocycles. The molecule has 8 nitrogen and oxygen atoms in total. The number of hydrazine groups is 1. The molecule has 2 fully saturated rings. The molecule has 0 bridgehead atoms. The van der Waals surface area contributed by atoms with Crippen LogP contribution in [0.4, 0.5) is 0 Å². The number of nitrogens with two attached hydrogens (primary N) is 1. The standard InChI is InChI=1S/C20H29N7O/c1-14-4-6-15(7-5-14)17-11-22-24-19(17)16-3-2-9-26(12-16)20(28)18-13-27(10-8-21)25-23-18/h4-7,13,16-17,19,22,24H,2-3,8-12,21H2,1H3. The first-order valence-corrected chi connectivity index (χ1v) is 10.1. The summed E-state index contributed by atoms with van der Waals surface area (Å²) >= 11 is 0. The first-order chi connectivity index (χ1) is 13.7. The quantitative estimate of drug-likeness (QED) is 0.701. The van der Waals surface area contributed by atoms with Crippen LogP contribution in [-0.2, 0) is 6.54 Å². The summed E-state index contributed by atoms with van der Waals surface area (Å²) in [7, 11) is 0. The van der Waals surface area contributed by atoms with Gasteiger partial charge < -0.3 is 10.6 Å². The van der Waals surface area contributed by atoms with E-state index in [2.05, 4.69) is 52.4 Å². The van der Waals surface area contributed by atoms with Crippen LogP contribution < -0.4 is 16.6 Å². The lowest BCUT2D eigenvalue weighted by molar-refractivity contribution is 0.0638. The number of benzene rings is 1. The van der Waals surface area contributed by atoms with E-state index in [-0.39, 0.29) is 5.91 Å². The van der Waals surface area contributed by atoms with E-state index in [1.54, 1.807) is 10.9 Å². The predicted molar refractivity (Wildman–Crippen MR) is 107 cm³/mol. The molecular formula is C20H29N7O. The highest BCUT2D eigenvalue weighted by Gasteiger charge is 2.38. The molecule has 2 aromatic rings. The van der Waals surface area contributed by atoms with Crippen LogP contribution in [-0.4, -0.2) is 58.0 Å². The topological polar surface area (TPSA) is 101 Å². The molecular weight excluding hydrogens is 354 g/mol. The number of hydrogen-bond acceptors (Lipinski definition) is 6. The van der Waals surface area contributed by atoms with Crippen LogP contribution in [0.25, 0.3) is 0 Å². The maximum absolute atomic E-state index is 12.9. The summed E-state index contributed by atoms with van der Waals surface area (Å²) in [5, 5.41) is 8.04. The highest BCUT2D eigenvalue weighted by Crippen LogP contribution is 2.32. The van der Waals surface area contributed by atoms with Crippen LogP contribution in [0.3, 0.4) is 0 Å². The summed E-state index contributed by atoms with van der Waals surface area (Å²) in [4.78, 5) is 14.8. The zero-order valence-electron chi connectivity index (χ0n) is 16.3. The highest BCUT2D eigenvalue weighted by molar-refractivity contribution is 5.92. The SMILES string of the molecule is Cc1ccc(C2CNNC2C2CCCN(C(=O)c3cn(CCN)nn3)C2)cc1. The van der Waals surface area contributed by atoms with Crippen LogP contribution in [0.1, 0.15) is 40.4 Å². The van der Waals surface area contributed by atoms with Crippen LogP contribution in [0.5, 0.6) is 0 Å². The van der Waals surface area contributed by atoms with Crippen LogP contribution in [0, 0.1) is 12.8 Å². The van der Waals surface area contributed by atoms with Gasteiger partial charge in [0.05, 0.1) is 12.7 Å². The monoisotopic (exact) mass is 383 g/mol. The van der Waals surface area contributed by atoms with Crippen molar-refractivity contribution in [2.24, 2.45) is 11.7 Å². The molecule has 8 heteroatoms. The molecule has 2 aliphatic heterocycles. The molecule has 1 aromatic carbocycles. The van der Waals surface area contributed by atoms with Gasteiger partial charge in [0, 0.05) is 38.1 Å². The number of carbonyl (C=O) groups excluding carboxylic acids is 1. The second-order valence-corrected chi connectivity index (χ2v) is 7.88. The van der Waals surface area contributed by atoms with E-state index in [1.807, 2.05) is 4.90 Å². The normalized spacial score (nSPS) is 25.2. The zero-order chi connectivity index (χ0) is 19.5. The van der Waals surface area contributed by atoms with Crippen molar-refractivity contribution < 1.29 is 4.79 Å². The first-order valence-electron chi connectivity index (χ1n) is 10.1. The molecule has 1 aromatic heterocycles. The summed E-state index contributed by atoms with van der Waals surface area (Å²) in [6, 6.07) is 9.11. The van der Waals surface area contributed by atoms with Crippen molar-refractivity contribution in [1.29, 1.82) is 0 Å². The third-order valence-electron chi connectivity index (χ3n) is 5.90. The Morgan fingerprint density at radius 1 is 1.32 bits per heavy atom. The molecule has 4 N–H and O–H groups in total. The lowest BCUT2D eigenvalue weighted by atomic mass is 9.81. The van der Waals surface area contributed by atoms with Crippen molar-refractivity contribution in [3.63, 3.8) is 0 Å². The van der Waals surface area contributed by atoms with Gasteiger partial charge in [0.1, 0.15) is 0 Å². The van der Waals surface area contributed by atoms with Crippen molar-refractivity contribution in [2.45, 2.75) is 38.3 Å². The Labute approximate surface area is 165 Å². The van der Waals surface area contributed by atoms with Crippen molar-refractivity contribution >= 4 is 5.91 Å².